The number of H-pyrrole nitrogens is 1. The standard InChI is InChI=1S/C10H9N5O3/c11-10-12-9(16)7(13-14-10)5-6-3-1-2-4-8(6)15(17)18/h1-4H,5H2,(H3,11,12,14,16). The zero-order valence-corrected chi connectivity index (χ0v) is 9.16. The van der Waals surface area contributed by atoms with Crippen LogP contribution in [0.3, 0.4) is 0 Å². The molecule has 0 amide bonds. The fourth-order valence-corrected chi connectivity index (χ4v) is 1.51. The molecule has 3 N–H and O–H groups in total. The highest BCUT2D eigenvalue weighted by Gasteiger charge is 2.15. The first kappa shape index (κ1) is 11.7. The second kappa shape index (κ2) is 4.62. The van der Waals surface area contributed by atoms with E-state index in [2.05, 4.69) is 15.2 Å². The molecular weight excluding hydrogens is 238 g/mol. The summed E-state index contributed by atoms with van der Waals surface area (Å²) in [5, 5.41) is 18.0. The molecule has 0 radical (unpaired) electrons. The molecule has 0 aliphatic rings. The number of aromatic nitrogens is 3. The number of nitro groups is 1. The predicted octanol–water partition coefficient (Wildman–Crippen LogP) is 0.246. The summed E-state index contributed by atoms with van der Waals surface area (Å²) in [5.74, 6) is -0.0914. The Kier molecular flexibility index (Phi) is 3.00. The highest BCUT2D eigenvalue weighted by atomic mass is 16.6. The van der Waals surface area contributed by atoms with Crippen LogP contribution in [0.15, 0.2) is 29.1 Å². The maximum Gasteiger partial charge on any atom is 0.274 e. The van der Waals surface area contributed by atoms with Crippen LogP contribution in [0.25, 0.3) is 0 Å². The van der Waals surface area contributed by atoms with Crippen molar-refractivity contribution in [2.75, 3.05) is 5.73 Å². The van der Waals surface area contributed by atoms with Gasteiger partial charge in [0.25, 0.3) is 11.2 Å². The van der Waals surface area contributed by atoms with Gasteiger partial charge >= 0.3 is 0 Å². The molecule has 18 heavy (non-hydrogen) atoms. The molecule has 0 aliphatic heterocycles. The van der Waals surface area contributed by atoms with Crippen LogP contribution >= 0.6 is 0 Å². The minimum atomic E-state index is -0.506. The lowest BCUT2D eigenvalue weighted by Crippen LogP contribution is -2.19. The molecule has 0 bridgehead atoms. The van der Waals surface area contributed by atoms with Crippen LogP contribution in [0.5, 0.6) is 0 Å². The minimum Gasteiger partial charge on any atom is -0.368 e. The van der Waals surface area contributed by atoms with Crippen LogP contribution in [0, 0.1) is 10.1 Å². The molecule has 8 heteroatoms. The highest BCUT2D eigenvalue weighted by Crippen LogP contribution is 2.19. The van der Waals surface area contributed by atoms with Crippen LogP contribution in [-0.4, -0.2) is 20.1 Å². The lowest BCUT2D eigenvalue weighted by molar-refractivity contribution is -0.385. The summed E-state index contributed by atoms with van der Waals surface area (Å²) in [6.07, 6.45) is 0.0275. The average molecular weight is 247 g/mol. The number of benzene rings is 1. The summed E-state index contributed by atoms with van der Waals surface area (Å²) in [5.41, 5.74) is 5.18. The monoisotopic (exact) mass is 247 g/mol. The van der Waals surface area contributed by atoms with E-state index >= 15 is 0 Å². The summed E-state index contributed by atoms with van der Waals surface area (Å²) in [4.78, 5) is 24.1. The number of nitrogens with one attached hydrogen (secondary N) is 1. The maximum atomic E-state index is 11.5. The van der Waals surface area contributed by atoms with E-state index in [9.17, 15) is 14.9 Å². The first-order chi connectivity index (χ1) is 8.58. The van der Waals surface area contributed by atoms with Crippen LogP contribution in [0.4, 0.5) is 11.6 Å². The Hall–Kier alpha value is -2.77. The fraction of sp³-hybridized carbons (Fsp3) is 0.100. The van der Waals surface area contributed by atoms with Gasteiger partial charge < -0.3 is 5.73 Å². The number of nitrogen functional groups attached to an aromatic ring is 1. The first-order valence-electron chi connectivity index (χ1n) is 5.01. The quantitative estimate of drug-likeness (QED) is 0.590. The van der Waals surface area contributed by atoms with E-state index < -0.39 is 10.5 Å². The zero-order chi connectivity index (χ0) is 13.1. The van der Waals surface area contributed by atoms with Gasteiger partial charge in [-0.1, -0.05) is 18.2 Å². The van der Waals surface area contributed by atoms with E-state index in [0.29, 0.717) is 5.56 Å². The number of nitro benzene ring substituents is 1. The molecule has 92 valence electrons. The summed E-state index contributed by atoms with van der Waals surface area (Å²) in [7, 11) is 0. The highest BCUT2D eigenvalue weighted by molar-refractivity contribution is 5.41. The molecule has 0 atom stereocenters. The normalized spacial score (nSPS) is 10.2. The van der Waals surface area contributed by atoms with Gasteiger partial charge in [0.15, 0.2) is 0 Å². The third-order valence-corrected chi connectivity index (χ3v) is 2.33. The molecule has 0 saturated carbocycles. The van der Waals surface area contributed by atoms with Gasteiger partial charge in [0.1, 0.15) is 5.69 Å². The molecule has 1 aromatic carbocycles. The summed E-state index contributed by atoms with van der Waals surface area (Å²) in [6, 6.07) is 6.14. The topological polar surface area (TPSA) is 128 Å². The fourth-order valence-electron chi connectivity index (χ4n) is 1.51. The Morgan fingerprint density at radius 3 is 2.72 bits per heavy atom. The predicted molar refractivity (Wildman–Crippen MR) is 63.0 cm³/mol. The van der Waals surface area contributed by atoms with Crippen LogP contribution in [0.1, 0.15) is 11.3 Å². The molecule has 0 aliphatic carbocycles. The van der Waals surface area contributed by atoms with Gasteiger partial charge in [0.05, 0.1) is 4.92 Å². The number of hydrogen-bond donors (Lipinski definition) is 2. The van der Waals surface area contributed by atoms with E-state index in [1.165, 1.54) is 6.07 Å². The Bertz CT molecular complexity index is 652. The molecule has 2 aromatic rings. The second-order valence-corrected chi connectivity index (χ2v) is 3.55. The van der Waals surface area contributed by atoms with Crippen molar-refractivity contribution in [3.63, 3.8) is 0 Å². The molecule has 0 saturated heterocycles. The van der Waals surface area contributed by atoms with Crippen LogP contribution < -0.4 is 11.3 Å². The molecule has 2 rings (SSSR count). The number of para-hydroxylation sites is 1. The minimum absolute atomic E-state index is 0.0275. The number of hydrogen-bond acceptors (Lipinski definition) is 6. The third-order valence-electron chi connectivity index (χ3n) is 2.33. The third kappa shape index (κ3) is 2.32. The Balaban J connectivity index is 2.40. The second-order valence-electron chi connectivity index (χ2n) is 3.55. The van der Waals surface area contributed by atoms with Crippen LogP contribution in [0.2, 0.25) is 0 Å². The van der Waals surface area contributed by atoms with Crippen molar-refractivity contribution in [2.45, 2.75) is 6.42 Å². The van der Waals surface area contributed by atoms with Gasteiger partial charge in [0, 0.05) is 18.1 Å². The number of nitrogens with zero attached hydrogens (tertiary/aromatic N) is 3. The van der Waals surface area contributed by atoms with Crippen molar-refractivity contribution in [3.8, 4) is 0 Å². The number of aromatic amines is 1. The maximum absolute atomic E-state index is 11.5. The van der Waals surface area contributed by atoms with Crippen LogP contribution in [-0.2, 0) is 6.42 Å². The van der Waals surface area contributed by atoms with E-state index in [1.54, 1.807) is 18.2 Å². The van der Waals surface area contributed by atoms with E-state index in [-0.39, 0.29) is 23.8 Å². The van der Waals surface area contributed by atoms with Crippen molar-refractivity contribution >= 4 is 11.6 Å². The molecule has 1 heterocycles. The number of rotatable bonds is 3. The summed E-state index contributed by atoms with van der Waals surface area (Å²) in [6.45, 7) is 0. The van der Waals surface area contributed by atoms with Crippen molar-refractivity contribution in [2.24, 2.45) is 0 Å². The van der Waals surface area contributed by atoms with Gasteiger partial charge in [0.2, 0.25) is 5.95 Å². The van der Waals surface area contributed by atoms with E-state index in [1.807, 2.05) is 0 Å². The molecule has 0 unspecified atom stereocenters. The van der Waals surface area contributed by atoms with Gasteiger partial charge in [-0.3, -0.25) is 19.9 Å². The SMILES string of the molecule is Nc1nnc(Cc2ccccc2[N+](=O)[O-])c(=O)[nH]1. The van der Waals surface area contributed by atoms with Gasteiger partial charge in [-0.05, 0) is 0 Å². The smallest absolute Gasteiger partial charge is 0.274 e. The zero-order valence-electron chi connectivity index (χ0n) is 9.16. The lowest BCUT2D eigenvalue weighted by Gasteiger charge is -2.01. The van der Waals surface area contributed by atoms with Crippen molar-refractivity contribution in [1.82, 2.24) is 15.2 Å². The molecule has 0 fully saturated rings. The molecule has 1 aromatic heterocycles. The van der Waals surface area contributed by atoms with Crippen molar-refractivity contribution < 1.29 is 4.92 Å². The van der Waals surface area contributed by atoms with Crippen molar-refractivity contribution in [1.29, 1.82) is 0 Å². The lowest BCUT2D eigenvalue weighted by atomic mass is 10.1. The average Bonchev–Trinajstić information content (AvgIpc) is 2.33. The number of nitrogens with two attached hydrogens (primary N) is 1. The summed E-state index contributed by atoms with van der Waals surface area (Å²) < 4.78 is 0. The molecular formula is C10H9N5O3. The summed E-state index contributed by atoms with van der Waals surface area (Å²) >= 11 is 0. The van der Waals surface area contributed by atoms with Gasteiger partial charge in [-0.15, -0.1) is 10.2 Å². The Morgan fingerprint density at radius 2 is 2.06 bits per heavy atom. The Labute approximate surface area is 101 Å². The van der Waals surface area contributed by atoms with E-state index in [0.717, 1.165) is 0 Å². The number of anilines is 1. The van der Waals surface area contributed by atoms with Gasteiger partial charge in [-0.2, -0.15) is 0 Å². The van der Waals surface area contributed by atoms with Gasteiger partial charge in [-0.25, -0.2) is 0 Å². The molecule has 8 nitrogen and oxygen atoms in total. The Morgan fingerprint density at radius 1 is 1.33 bits per heavy atom. The molecule has 0 spiro atoms. The van der Waals surface area contributed by atoms with E-state index in [4.69, 9.17) is 5.73 Å². The largest absolute Gasteiger partial charge is 0.368 e. The van der Waals surface area contributed by atoms with Crippen molar-refractivity contribution in [3.05, 3.63) is 56.0 Å². The first-order valence-corrected chi connectivity index (χ1v) is 5.01.